The van der Waals surface area contributed by atoms with E-state index in [1.807, 2.05) is 27.2 Å². The molecule has 0 aromatic rings. The maximum atomic E-state index is 13.0. The third-order valence-electron chi connectivity index (χ3n) is 12.6. The number of phosphoric ester groups is 1. The molecular formula is C56H110N2O6P+. The predicted molar refractivity (Wildman–Crippen MR) is 281 cm³/mol. The van der Waals surface area contributed by atoms with Crippen LogP contribution in [0, 0.1) is 0 Å². The van der Waals surface area contributed by atoms with E-state index in [0.29, 0.717) is 17.4 Å². The minimum Gasteiger partial charge on any atom is -0.387 e. The van der Waals surface area contributed by atoms with Gasteiger partial charge in [-0.2, -0.15) is 0 Å². The lowest BCUT2D eigenvalue weighted by atomic mass is 10.0. The fourth-order valence-electron chi connectivity index (χ4n) is 8.17. The molecule has 0 aliphatic heterocycles. The molecule has 0 aromatic carbocycles. The molecule has 3 unspecified atom stereocenters. The standard InChI is InChI=1S/C56H109N2O6P/c1-6-8-10-12-14-16-18-20-22-24-26-28-29-30-32-34-36-38-40-42-44-46-48-50-56(60)57-54(53-64-65(61,62)63-52-51-58(3,4)5)55(59)49-47-45-43-41-39-37-35-33-31-27-25-23-21-19-17-15-13-11-9-7-2/h30,32,39,41,47,49,54-55,59H,6-29,31,33-38,40,42-46,48,50-53H2,1-5H3,(H-,57,60,61,62)/p+1/b32-30-,41-39+,49-47+. The quantitative estimate of drug-likeness (QED) is 0.0243. The van der Waals surface area contributed by atoms with Crippen molar-refractivity contribution in [2.45, 2.75) is 276 Å². The highest BCUT2D eigenvalue weighted by Crippen LogP contribution is 2.43. The Morgan fingerprint density at radius 2 is 0.846 bits per heavy atom. The Hall–Kier alpha value is -1.28. The number of carbonyl (C=O) groups excluding carboxylic acids is 1. The minimum absolute atomic E-state index is 0.0558. The van der Waals surface area contributed by atoms with Crippen molar-refractivity contribution in [2.75, 3.05) is 40.9 Å². The van der Waals surface area contributed by atoms with Gasteiger partial charge in [0.15, 0.2) is 0 Å². The van der Waals surface area contributed by atoms with Crippen molar-refractivity contribution in [2.24, 2.45) is 0 Å². The Labute approximate surface area is 404 Å². The first-order valence-electron chi connectivity index (χ1n) is 27.9. The number of carbonyl (C=O) groups is 1. The lowest BCUT2D eigenvalue weighted by Crippen LogP contribution is -2.45. The lowest BCUT2D eigenvalue weighted by molar-refractivity contribution is -0.870. The van der Waals surface area contributed by atoms with Crippen molar-refractivity contribution in [1.29, 1.82) is 0 Å². The zero-order valence-electron chi connectivity index (χ0n) is 43.7. The van der Waals surface area contributed by atoms with Gasteiger partial charge >= 0.3 is 7.82 Å². The third-order valence-corrected chi connectivity index (χ3v) is 13.6. The fourth-order valence-corrected chi connectivity index (χ4v) is 8.91. The summed E-state index contributed by atoms with van der Waals surface area (Å²) in [7, 11) is 1.56. The normalized spacial score (nSPS) is 14.3. The average Bonchev–Trinajstić information content (AvgIpc) is 3.26. The monoisotopic (exact) mass is 938 g/mol. The minimum atomic E-state index is -4.35. The molecule has 0 radical (unpaired) electrons. The van der Waals surface area contributed by atoms with Crippen LogP contribution in [0.4, 0.5) is 0 Å². The average molecular weight is 938 g/mol. The van der Waals surface area contributed by atoms with Gasteiger partial charge in [0.05, 0.1) is 39.9 Å². The number of nitrogens with one attached hydrogen (secondary N) is 1. The molecule has 0 saturated heterocycles. The molecule has 0 aliphatic rings. The van der Waals surface area contributed by atoms with Crippen molar-refractivity contribution in [3.05, 3.63) is 36.5 Å². The summed E-state index contributed by atoms with van der Waals surface area (Å²) < 4.78 is 23.7. The van der Waals surface area contributed by atoms with Crippen LogP contribution in [0.1, 0.15) is 264 Å². The van der Waals surface area contributed by atoms with Crippen molar-refractivity contribution < 1.29 is 32.9 Å². The van der Waals surface area contributed by atoms with E-state index in [9.17, 15) is 19.4 Å². The molecule has 384 valence electrons. The fraction of sp³-hybridized carbons (Fsp3) is 0.875. The molecular weight excluding hydrogens is 828 g/mol. The van der Waals surface area contributed by atoms with Crippen LogP contribution in [0.3, 0.4) is 0 Å². The number of nitrogens with zero attached hydrogens (tertiary/aromatic N) is 1. The van der Waals surface area contributed by atoms with Crippen LogP contribution < -0.4 is 5.32 Å². The van der Waals surface area contributed by atoms with Gasteiger partial charge in [-0.1, -0.05) is 237 Å². The second kappa shape index (κ2) is 47.8. The van der Waals surface area contributed by atoms with Gasteiger partial charge in [-0.3, -0.25) is 13.8 Å². The maximum Gasteiger partial charge on any atom is 0.472 e. The molecule has 0 spiro atoms. The summed E-state index contributed by atoms with van der Waals surface area (Å²) in [5.74, 6) is -0.188. The van der Waals surface area contributed by atoms with Crippen LogP contribution in [-0.4, -0.2) is 73.4 Å². The molecule has 8 nitrogen and oxygen atoms in total. The third kappa shape index (κ3) is 50.4. The Morgan fingerprint density at radius 1 is 0.508 bits per heavy atom. The number of allylic oxidation sites excluding steroid dienone is 5. The molecule has 0 rings (SSSR count). The van der Waals surface area contributed by atoms with Gasteiger partial charge in [-0.15, -0.1) is 0 Å². The molecule has 3 atom stereocenters. The van der Waals surface area contributed by atoms with E-state index >= 15 is 0 Å². The molecule has 0 bridgehead atoms. The van der Waals surface area contributed by atoms with Crippen molar-refractivity contribution in [3.63, 3.8) is 0 Å². The van der Waals surface area contributed by atoms with E-state index in [1.165, 1.54) is 205 Å². The van der Waals surface area contributed by atoms with Gasteiger partial charge in [0.2, 0.25) is 5.91 Å². The molecule has 9 heteroatoms. The van der Waals surface area contributed by atoms with Crippen molar-refractivity contribution >= 4 is 13.7 Å². The molecule has 0 heterocycles. The number of likely N-dealkylation sites (N-methyl/N-ethyl adjacent to an activating group) is 1. The van der Waals surface area contributed by atoms with Crippen LogP contribution in [0.25, 0.3) is 0 Å². The van der Waals surface area contributed by atoms with Gasteiger partial charge in [0.1, 0.15) is 13.2 Å². The van der Waals surface area contributed by atoms with Crippen LogP contribution >= 0.6 is 7.82 Å². The highest BCUT2D eigenvalue weighted by atomic mass is 31.2. The number of rotatable bonds is 51. The molecule has 0 fully saturated rings. The molecule has 65 heavy (non-hydrogen) atoms. The van der Waals surface area contributed by atoms with Gasteiger partial charge in [-0.25, -0.2) is 4.57 Å². The number of amides is 1. The highest BCUT2D eigenvalue weighted by Gasteiger charge is 2.27. The van der Waals surface area contributed by atoms with E-state index in [-0.39, 0.29) is 19.1 Å². The Kier molecular flexibility index (Phi) is 46.8. The summed E-state index contributed by atoms with van der Waals surface area (Å²) in [5.41, 5.74) is 0. The first kappa shape index (κ1) is 63.7. The summed E-state index contributed by atoms with van der Waals surface area (Å²) in [6.07, 6.45) is 61.0. The topological polar surface area (TPSA) is 105 Å². The van der Waals surface area contributed by atoms with E-state index < -0.39 is 20.0 Å². The molecule has 1 amide bonds. The summed E-state index contributed by atoms with van der Waals surface area (Å²) in [6.45, 7) is 4.82. The first-order valence-corrected chi connectivity index (χ1v) is 29.4. The number of quaternary nitrogens is 1. The maximum absolute atomic E-state index is 13.0. The Balaban J connectivity index is 4.28. The molecule has 0 aromatic heterocycles. The number of hydrogen-bond donors (Lipinski definition) is 3. The largest absolute Gasteiger partial charge is 0.472 e. The van der Waals surface area contributed by atoms with Crippen LogP contribution in [0.15, 0.2) is 36.5 Å². The van der Waals surface area contributed by atoms with Crippen LogP contribution in [0.2, 0.25) is 0 Å². The zero-order valence-corrected chi connectivity index (χ0v) is 44.6. The number of aliphatic hydroxyl groups excluding tert-OH is 1. The number of aliphatic hydroxyl groups is 1. The Bertz CT molecular complexity index is 1150. The van der Waals surface area contributed by atoms with E-state index in [4.69, 9.17) is 9.05 Å². The van der Waals surface area contributed by atoms with E-state index in [1.54, 1.807) is 6.08 Å². The first-order chi connectivity index (χ1) is 31.5. The highest BCUT2D eigenvalue weighted by molar-refractivity contribution is 7.47. The SMILES string of the molecule is CCCCCCCCCCCCCC/C=C\CCCCCCCCCC(=O)NC(COP(=O)(O)OCC[N+](C)(C)C)C(O)/C=C/CC/C=C/CCCCCCCCCCCCCCCC. The second-order valence-electron chi connectivity index (χ2n) is 20.3. The number of unbranched alkanes of at least 4 members (excludes halogenated alkanes) is 34. The van der Waals surface area contributed by atoms with Crippen molar-refractivity contribution in [1.82, 2.24) is 5.32 Å². The van der Waals surface area contributed by atoms with Gasteiger partial charge < -0.3 is 19.8 Å². The predicted octanol–water partition coefficient (Wildman–Crippen LogP) is 16.6. The van der Waals surface area contributed by atoms with Crippen LogP contribution in [0.5, 0.6) is 0 Å². The Morgan fingerprint density at radius 3 is 1.23 bits per heavy atom. The molecule has 0 aliphatic carbocycles. The van der Waals surface area contributed by atoms with E-state index in [0.717, 1.165) is 38.5 Å². The molecule has 3 N–H and O–H groups in total. The van der Waals surface area contributed by atoms with Crippen molar-refractivity contribution in [3.8, 4) is 0 Å². The van der Waals surface area contributed by atoms with Gasteiger partial charge in [0.25, 0.3) is 0 Å². The van der Waals surface area contributed by atoms with Gasteiger partial charge in [0, 0.05) is 6.42 Å². The zero-order chi connectivity index (χ0) is 47.8. The summed E-state index contributed by atoms with van der Waals surface area (Å²) in [5, 5.41) is 13.9. The number of hydrogen-bond acceptors (Lipinski definition) is 5. The van der Waals surface area contributed by atoms with E-state index in [2.05, 4.69) is 43.5 Å². The smallest absolute Gasteiger partial charge is 0.387 e. The summed E-state index contributed by atoms with van der Waals surface area (Å²) in [6, 6.07) is -0.865. The summed E-state index contributed by atoms with van der Waals surface area (Å²) >= 11 is 0. The molecule has 0 saturated carbocycles. The lowest BCUT2D eigenvalue weighted by Gasteiger charge is -2.25. The number of phosphoric acid groups is 1. The second-order valence-corrected chi connectivity index (χ2v) is 21.8. The van der Waals surface area contributed by atoms with Gasteiger partial charge in [-0.05, 0) is 57.8 Å². The van der Waals surface area contributed by atoms with Crippen LogP contribution in [-0.2, 0) is 18.4 Å². The summed E-state index contributed by atoms with van der Waals surface area (Å²) in [4.78, 5) is 23.3.